The zero-order valence-corrected chi connectivity index (χ0v) is 8.45. The number of hydrogen-bond donors (Lipinski definition) is 2. The Morgan fingerprint density at radius 3 is 2.54 bits per heavy atom. The summed E-state index contributed by atoms with van der Waals surface area (Å²) in [5.74, 6) is -1.06. The minimum Gasteiger partial charge on any atom is -0.478 e. The highest BCUT2D eigenvalue weighted by Crippen LogP contribution is 2.22. The van der Waals surface area contributed by atoms with Crippen molar-refractivity contribution in [3.63, 3.8) is 0 Å². The van der Waals surface area contributed by atoms with Crippen molar-refractivity contribution in [3.05, 3.63) is 28.3 Å². The molecule has 0 aliphatic heterocycles. The van der Waals surface area contributed by atoms with Crippen LogP contribution in [0.5, 0.6) is 0 Å². The van der Waals surface area contributed by atoms with Crippen LogP contribution in [0.3, 0.4) is 0 Å². The Labute approximate surface area is 86.9 Å². The molecule has 0 aliphatic rings. The van der Waals surface area contributed by atoms with Crippen LogP contribution in [0.2, 0.25) is 5.02 Å². The second kappa shape index (κ2) is 4.35. The summed E-state index contributed by atoms with van der Waals surface area (Å²) in [4.78, 5) is 10.6. The molecule has 3 nitrogen and oxygen atoms in total. The highest BCUT2D eigenvalue weighted by molar-refractivity contribution is 6.31. The fourth-order valence-electron chi connectivity index (χ4n) is 0.931. The van der Waals surface area contributed by atoms with E-state index in [9.17, 15) is 4.79 Å². The van der Waals surface area contributed by atoms with Gasteiger partial charge in [-0.25, -0.2) is 4.79 Å². The van der Waals surface area contributed by atoms with E-state index in [1.54, 1.807) is 13.0 Å². The maximum Gasteiger partial charge on any atom is 0.337 e. The van der Waals surface area contributed by atoms with Crippen molar-refractivity contribution in [3.8, 4) is 0 Å². The molecule has 1 aromatic rings. The molecule has 1 rings (SSSR count). The number of carboxylic acids is 1. The van der Waals surface area contributed by atoms with Crippen LogP contribution < -0.4 is 5.73 Å². The molecule has 0 spiro atoms. The minimum atomic E-state index is -1.06. The fraction of sp³-hybridized carbons (Fsp3) is 0.125. The van der Waals surface area contributed by atoms with Crippen molar-refractivity contribution < 1.29 is 9.90 Å². The Kier molecular flexibility index (Phi) is 4.04. The molecule has 0 aliphatic carbocycles. The molecule has 0 fully saturated rings. The molecule has 1 aromatic carbocycles. The monoisotopic (exact) mass is 221 g/mol. The Balaban J connectivity index is 0.00000144. The number of rotatable bonds is 1. The predicted octanol–water partition coefficient (Wildman–Crippen LogP) is 2.35. The normalized spacial score (nSPS) is 9.08. The van der Waals surface area contributed by atoms with Gasteiger partial charge in [-0.1, -0.05) is 11.6 Å². The Hall–Kier alpha value is -0.930. The average Bonchev–Trinajstić information content (AvgIpc) is 1.96. The fourth-order valence-corrected chi connectivity index (χ4v) is 1.20. The Bertz CT molecular complexity index is 339. The highest BCUT2D eigenvalue weighted by atomic mass is 35.5. The van der Waals surface area contributed by atoms with Gasteiger partial charge in [-0.05, 0) is 24.6 Å². The van der Waals surface area contributed by atoms with Gasteiger partial charge < -0.3 is 10.8 Å². The van der Waals surface area contributed by atoms with Gasteiger partial charge in [0.2, 0.25) is 0 Å². The molecule has 0 atom stereocenters. The van der Waals surface area contributed by atoms with Crippen molar-refractivity contribution >= 4 is 35.7 Å². The van der Waals surface area contributed by atoms with Crippen LogP contribution in [-0.4, -0.2) is 11.1 Å². The van der Waals surface area contributed by atoms with Crippen molar-refractivity contribution in [2.24, 2.45) is 0 Å². The SMILES string of the molecule is Cc1cc(Cl)cc(C(=O)O)c1N.Cl. The van der Waals surface area contributed by atoms with Gasteiger partial charge in [0.1, 0.15) is 0 Å². The van der Waals surface area contributed by atoms with E-state index in [2.05, 4.69) is 0 Å². The molecule has 0 unspecified atom stereocenters. The number of aryl methyl sites for hydroxylation is 1. The number of halogens is 2. The summed E-state index contributed by atoms with van der Waals surface area (Å²) in [5, 5.41) is 9.06. The van der Waals surface area contributed by atoms with E-state index in [4.69, 9.17) is 22.4 Å². The van der Waals surface area contributed by atoms with E-state index in [0.717, 1.165) is 0 Å². The van der Waals surface area contributed by atoms with Crippen molar-refractivity contribution in [1.82, 2.24) is 0 Å². The molecule has 3 N–H and O–H groups in total. The van der Waals surface area contributed by atoms with Gasteiger partial charge in [0.05, 0.1) is 5.56 Å². The molecule has 5 heteroatoms. The molecule has 0 radical (unpaired) electrons. The van der Waals surface area contributed by atoms with Crippen molar-refractivity contribution in [2.75, 3.05) is 5.73 Å². The van der Waals surface area contributed by atoms with E-state index >= 15 is 0 Å². The zero-order chi connectivity index (χ0) is 9.30. The maximum absolute atomic E-state index is 10.6. The van der Waals surface area contributed by atoms with Gasteiger partial charge in [-0.2, -0.15) is 0 Å². The molecular formula is C8H9Cl2NO2. The number of aromatic carboxylic acids is 1. The predicted molar refractivity (Wildman–Crippen MR) is 54.8 cm³/mol. The molecule has 0 amide bonds. The van der Waals surface area contributed by atoms with Crippen LogP contribution in [0.1, 0.15) is 15.9 Å². The lowest BCUT2D eigenvalue weighted by Gasteiger charge is -2.04. The van der Waals surface area contributed by atoms with Gasteiger partial charge in [-0.15, -0.1) is 12.4 Å². The molecule has 72 valence electrons. The number of carbonyl (C=O) groups is 1. The summed E-state index contributed by atoms with van der Waals surface area (Å²) in [6.07, 6.45) is 0. The standard InChI is InChI=1S/C8H8ClNO2.ClH/c1-4-2-5(9)3-6(7(4)10)8(11)12;/h2-3H,10H2,1H3,(H,11,12);1H. The summed E-state index contributed by atoms with van der Waals surface area (Å²) < 4.78 is 0. The van der Waals surface area contributed by atoms with Crippen LogP contribution in [0.15, 0.2) is 12.1 Å². The molecule has 0 aromatic heterocycles. The van der Waals surface area contributed by atoms with Crippen molar-refractivity contribution in [2.45, 2.75) is 6.92 Å². The second-order valence-electron chi connectivity index (χ2n) is 2.49. The van der Waals surface area contributed by atoms with Gasteiger partial charge >= 0.3 is 5.97 Å². The smallest absolute Gasteiger partial charge is 0.337 e. The molecular weight excluding hydrogens is 213 g/mol. The quantitative estimate of drug-likeness (QED) is 0.716. The first-order chi connectivity index (χ1) is 5.52. The van der Waals surface area contributed by atoms with Gasteiger partial charge in [0.15, 0.2) is 0 Å². The number of nitrogen functional groups attached to an aromatic ring is 1. The number of benzene rings is 1. The highest BCUT2D eigenvalue weighted by Gasteiger charge is 2.10. The van der Waals surface area contributed by atoms with E-state index < -0.39 is 5.97 Å². The van der Waals surface area contributed by atoms with Gasteiger partial charge in [0, 0.05) is 10.7 Å². The van der Waals surface area contributed by atoms with Crippen LogP contribution in [0, 0.1) is 6.92 Å². The lowest BCUT2D eigenvalue weighted by Crippen LogP contribution is -2.03. The number of nitrogens with two attached hydrogens (primary N) is 1. The third-order valence-electron chi connectivity index (χ3n) is 1.58. The third-order valence-corrected chi connectivity index (χ3v) is 1.80. The lowest BCUT2D eigenvalue weighted by molar-refractivity contribution is 0.0698. The average molecular weight is 222 g/mol. The third kappa shape index (κ3) is 2.50. The topological polar surface area (TPSA) is 63.3 Å². The zero-order valence-electron chi connectivity index (χ0n) is 6.87. The summed E-state index contributed by atoms with van der Waals surface area (Å²) in [6.45, 7) is 1.72. The van der Waals surface area contributed by atoms with Crippen LogP contribution in [-0.2, 0) is 0 Å². The molecule has 0 bridgehead atoms. The van der Waals surface area contributed by atoms with E-state index in [0.29, 0.717) is 10.6 Å². The van der Waals surface area contributed by atoms with Crippen LogP contribution in [0.25, 0.3) is 0 Å². The number of anilines is 1. The first-order valence-corrected chi connectivity index (χ1v) is 3.69. The second-order valence-corrected chi connectivity index (χ2v) is 2.93. The van der Waals surface area contributed by atoms with Crippen molar-refractivity contribution in [1.29, 1.82) is 0 Å². The summed E-state index contributed by atoms with van der Waals surface area (Å²) in [5.41, 5.74) is 6.52. The van der Waals surface area contributed by atoms with Gasteiger partial charge in [-0.3, -0.25) is 0 Å². The number of hydrogen-bond acceptors (Lipinski definition) is 2. The number of carboxylic acid groups (broad SMARTS) is 1. The molecule has 13 heavy (non-hydrogen) atoms. The molecule has 0 saturated carbocycles. The van der Waals surface area contributed by atoms with Gasteiger partial charge in [0.25, 0.3) is 0 Å². The van der Waals surface area contributed by atoms with E-state index in [-0.39, 0.29) is 23.7 Å². The largest absolute Gasteiger partial charge is 0.478 e. The Morgan fingerprint density at radius 2 is 2.08 bits per heavy atom. The summed E-state index contributed by atoms with van der Waals surface area (Å²) in [7, 11) is 0. The van der Waals surface area contributed by atoms with E-state index in [1.165, 1.54) is 6.07 Å². The first kappa shape index (κ1) is 12.1. The minimum absolute atomic E-state index is 0. The maximum atomic E-state index is 10.6. The first-order valence-electron chi connectivity index (χ1n) is 3.31. The van der Waals surface area contributed by atoms with E-state index in [1.807, 2.05) is 0 Å². The Morgan fingerprint density at radius 1 is 1.54 bits per heavy atom. The molecule has 0 heterocycles. The van der Waals surface area contributed by atoms with Crippen LogP contribution >= 0.6 is 24.0 Å². The summed E-state index contributed by atoms with van der Waals surface area (Å²) >= 11 is 5.65. The van der Waals surface area contributed by atoms with Crippen LogP contribution in [0.4, 0.5) is 5.69 Å². The lowest BCUT2D eigenvalue weighted by atomic mass is 10.1. The summed E-state index contributed by atoms with van der Waals surface area (Å²) in [6, 6.07) is 2.97. The molecule has 0 saturated heterocycles.